The lowest BCUT2D eigenvalue weighted by atomic mass is 10.5. The van der Waals surface area contributed by atoms with Gasteiger partial charge in [0.15, 0.2) is 0 Å². The molecule has 4 heteroatoms. The van der Waals surface area contributed by atoms with Crippen molar-refractivity contribution in [1.82, 2.24) is 4.98 Å². The average Bonchev–Trinajstić information content (AvgIpc) is 2.11. The highest BCUT2D eigenvalue weighted by Crippen LogP contribution is 2.28. The quantitative estimate of drug-likeness (QED) is 0.355. The standard InChI is InChI=1S/C9H9BrClNS/c1-2-3-4-13-8-5-7(11)6-12-9(8)10/h2,5-6H,1,3-4H2. The smallest absolute Gasteiger partial charge is 0.119 e. The molecule has 0 saturated heterocycles. The number of nitrogens with zero attached hydrogens (tertiary/aromatic N) is 1. The molecule has 0 atom stereocenters. The number of halogens is 2. The van der Waals surface area contributed by atoms with E-state index in [9.17, 15) is 0 Å². The minimum absolute atomic E-state index is 0.671. The fourth-order valence-electron chi connectivity index (χ4n) is 0.757. The van der Waals surface area contributed by atoms with E-state index >= 15 is 0 Å². The van der Waals surface area contributed by atoms with Crippen molar-refractivity contribution in [2.24, 2.45) is 0 Å². The largest absolute Gasteiger partial charge is 0.247 e. The molecule has 0 bridgehead atoms. The molecule has 0 aromatic carbocycles. The van der Waals surface area contributed by atoms with E-state index in [1.54, 1.807) is 18.0 Å². The van der Waals surface area contributed by atoms with Crippen LogP contribution in [0.15, 0.2) is 34.4 Å². The Morgan fingerprint density at radius 3 is 3.15 bits per heavy atom. The van der Waals surface area contributed by atoms with Crippen LogP contribution in [-0.2, 0) is 0 Å². The highest BCUT2D eigenvalue weighted by molar-refractivity contribution is 9.10. The van der Waals surface area contributed by atoms with Crippen molar-refractivity contribution in [3.05, 3.63) is 34.5 Å². The number of hydrogen-bond donors (Lipinski definition) is 0. The number of rotatable bonds is 4. The summed E-state index contributed by atoms with van der Waals surface area (Å²) in [6.45, 7) is 3.67. The van der Waals surface area contributed by atoms with Crippen LogP contribution in [0.1, 0.15) is 6.42 Å². The second-order valence-corrected chi connectivity index (χ2v) is 4.69. The van der Waals surface area contributed by atoms with Crippen molar-refractivity contribution >= 4 is 39.3 Å². The van der Waals surface area contributed by atoms with E-state index in [4.69, 9.17) is 11.6 Å². The molecule has 0 fully saturated rings. The van der Waals surface area contributed by atoms with Gasteiger partial charge in [-0.3, -0.25) is 0 Å². The zero-order chi connectivity index (χ0) is 9.68. The molecule has 13 heavy (non-hydrogen) atoms. The van der Waals surface area contributed by atoms with E-state index in [0.717, 1.165) is 21.7 Å². The van der Waals surface area contributed by atoms with Crippen LogP contribution in [0.2, 0.25) is 5.02 Å². The molecule has 1 heterocycles. The molecule has 1 aromatic heterocycles. The SMILES string of the molecule is C=CCCSc1cc(Cl)cnc1Br. The van der Waals surface area contributed by atoms with Gasteiger partial charge in [-0.25, -0.2) is 4.98 Å². The van der Waals surface area contributed by atoms with Gasteiger partial charge in [0.1, 0.15) is 4.60 Å². The van der Waals surface area contributed by atoms with Crippen LogP contribution < -0.4 is 0 Å². The fourth-order valence-corrected chi connectivity index (χ4v) is 2.43. The molecular weight excluding hydrogens is 270 g/mol. The normalized spacial score (nSPS) is 10.0. The molecule has 0 saturated carbocycles. The minimum Gasteiger partial charge on any atom is -0.247 e. The first-order chi connectivity index (χ1) is 6.24. The summed E-state index contributed by atoms with van der Waals surface area (Å²) in [7, 11) is 0. The Labute approximate surface area is 95.7 Å². The third kappa shape index (κ3) is 3.71. The Kier molecular flexibility index (Phi) is 4.84. The second kappa shape index (κ2) is 5.68. The van der Waals surface area contributed by atoms with E-state index < -0.39 is 0 Å². The van der Waals surface area contributed by atoms with Gasteiger partial charge in [-0.15, -0.1) is 18.3 Å². The van der Waals surface area contributed by atoms with Crippen molar-refractivity contribution in [2.75, 3.05) is 5.75 Å². The number of allylic oxidation sites excluding steroid dienone is 1. The Balaban J connectivity index is 2.64. The summed E-state index contributed by atoms with van der Waals surface area (Å²) in [5.41, 5.74) is 0. The average molecular weight is 279 g/mol. The van der Waals surface area contributed by atoms with E-state index in [2.05, 4.69) is 27.5 Å². The van der Waals surface area contributed by atoms with Gasteiger partial charge in [-0.05, 0) is 28.4 Å². The topological polar surface area (TPSA) is 12.9 Å². The third-order valence-corrected chi connectivity index (χ3v) is 3.52. The van der Waals surface area contributed by atoms with Crippen molar-refractivity contribution in [2.45, 2.75) is 11.3 Å². The van der Waals surface area contributed by atoms with E-state index in [0.29, 0.717) is 5.02 Å². The first-order valence-corrected chi connectivity index (χ1v) is 5.94. The lowest BCUT2D eigenvalue weighted by Crippen LogP contribution is -1.82. The number of hydrogen-bond acceptors (Lipinski definition) is 2. The first kappa shape index (κ1) is 11.1. The highest BCUT2D eigenvalue weighted by atomic mass is 79.9. The maximum Gasteiger partial charge on any atom is 0.119 e. The third-order valence-electron chi connectivity index (χ3n) is 1.35. The molecule has 0 aliphatic heterocycles. The van der Waals surface area contributed by atoms with Crippen LogP contribution in [0.5, 0.6) is 0 Å². The lowest BCUT2D eigenvalue weighted by molar-refractivity contribution is 1.17. The molecule has 1 nitrogen and oxygen atoms in total. The van der Waals surface area contributed by atoms with Gasteiger partial charge in [0.05, 0.1) is 5.02 Å². The summed E-state index contributed by atoms with van der Waals surface area (Å²) < 4.78 is 0.853. The van der Waals surface area contributed by atoms with Crippen molar-refractivity contribution in [1.29, 1.82) is 0 Å². The monoisotopic (exact) mass is 277 g/mol. The van der Waals surface area contributed by atoms with Gasteiger partial charge in [0.2, 0.25) is 0 Å². The van der Waals surface area contributed by atoms with Crippen molar-refractivity contribution < 1.29 is 0 Å². The molecule has 1 aromatic rings. The van der Waals surface area contributed by atoms with Crippen LogP contribution in [0.25, 0.3) is 0 Å². The molecule has 1 rings (SSSR count). The number of pyridine rings is 1. The highest BCUT2D eigenvalue weighted by Gasteiger charge is 2.01. The predicted molar refractivity (Wildman–Crippen MR) is 62.5 cm³/mol. The molecule has 70 valence electrons. The zero-order valence-corrected chi connectivity index (χ0v) is 10.1. The molecule has 0 radical (unpaired) electrons. The van der Waals surface area contributed by atoms with Crippen LogP contribution in [0.3, 0.4) is 0 Å². The minimum atomic E-state index is 0.671. The molecule has 0 N–H and O–H groups in total. The summed E-state index contributed by atoms with van der Waals surface area (Å²) in [6.07, 6.45) is 4.52. The van der Waals surface area contributed by atoms with Crippen LogP contribution in [-0.4, -0.2) is 10.7 Å². The Morgan fingerprint density at radius 2 is 2.46 bits per heavy atom. The summed E-state index contributed by atoms with van der Waals surface area (Å²) in [4.78, 5) is 5.17. The van der Waals surface area contributed by atoms with Crippen LogP contribution >= 0.6 is 39.3 Å². The Bertz CT molecular complexity index is 304. The zero-order valence-electron chi connectivity index (χ0n) is 6.96. The molecule has 0 spiro atoms. The second-order valence-electron chi connectivity index (χ2n) is 2.37. The molecule has 0 aliphatic carbocycles. The van der Waals surface area contributed by atoms with Gasteiger partial charge >= 0.3 is 0 Å². The van der Waals surface area contributed by atoms with E-state index in [1.807, 2.05) is 12.1 Å². The van der Waals surface area contributed by atoms with E-state index in [1.165, 1.54) is 0 Å². The lowest BCUT2D eigenvalue weighted by Gasteiger charge is -2.02. The van der Waals surface area contributed by atoms with Gasteiger partial charge in [0.25, 0.3) is 0 Å². The summed E-state index contributed by atoms with van der Waals surface area (Å²) in [6, 6.07) is 1.91. The molecule has 0 unspecified atom stereocenters. The molecule has 0 aliphatic rings. The maximum atomic E-state index is 5.81. The van der Waals surface area contributed by atoms with Crippen LogP contribution in [0, 0.1) is 0 Å². The van der Waals surface area contributed by atoms with Gasteiger partial charge in [-0.1, -0.05) is 17.7 Å². The fraction of sp³-hybridized carbons (Fsp3) is 0.222. The van der Waals surface area contributed by atoms with Crippen LogP contribution in [0.4, 0.5) is 0 Å². The van der Waals surface area contributed by atoms with E-state index in [-0.39, 0.29) is 0 Å². The van der Waals surface area contributed by atoms with Gasteiger partial charge < -0.3 is 0 Å². The Hall–Kier alpha value is 0.01000. The molecular formula is C9H9BrClNS. The van der Waals surface area contributed by atoms with Gasteiger partial charge in [0, 0.05) is 16.8 Å². The maximum absolute atomic E-state index is 5.81. The predicted octanol–water partition coefficient (Wildman–Crippen LogP) is 4.17. The van der Waals surface area contributed by atoms with Crippen molar-refractivity contribution in [3.63, 3.8) is 0 Å². The first-order valence-electron chi connectivity index (χ1n) is 3.79. The summed E-state index contributed by atoms with van der Waals surface area (Å²) in [5.74, 6) is 1.00. The summed E-state index contributed by atoms with van der Waals surface area (Å²) >= 11 is 10.9. The Morgan fingerprint density at radius 1 is 1.69 bits per heavy atom. The number of thioether (sulfide) groups is 1. The summed E-state index contributed by atoms with van der Waals surface area (Å²) in [5, 5.41) is 0.671. The van der Waals surface area contributed by atoms with Crippen molar-refractivity contribution in [3.8, 4) is 0 Å². The number of aromatic nitrogens is 1. The molecule has 0 amide bonds. The van der Waals surface area contributed by atoms with Gasteiger partial charge in [-0.2, -0.15) is 0 Å².